The van der Waals surface area contributed by atoms with E-state index in [1.165, 1.54) is 12.1 Å². The lowest BCUT2D eigenvalue weighted by Gasteiger charge is -2.32. The SMILES string of the molecule is O=C(O)C[C@@H]1CCCN(CCCc2ccc3c(C(F)(F)F)c(OC4CCC(C(F)(F)F)CC4)ccc3c2)C1. The predicted octanol–water partition coefficient (Wildman–Crippen LogP) is 7.48. The number of benzene rings is 2. The number of hydrogen-bond donors (Lipinski definition) is 1. The second-order valence-corrected chi connectivity index (χ2v) is 10.6. The van der Waals surface area contributed by atoms with Crippen molar-refractivity contribution in [2.75, 3.05) is 19.6 Å². The van der Waals surface area contributed by atoms with Crippen LogP contribution in [0.25, 0.3) is 10.8 Å². The lowest BCUT2D eigenvalue weighted by atomic mass is 9.87. The van der Waals surface area contributed by atoms with E-state index in [-0.39, 0.29) is 49.2 Å². The number of carbonyl (C=O) groups is 1. The summed E-state index contributed by atoms with van der Waals surface area (Å²) in [7, 11) is 0. The van der Waals surface area contributed by atoms with Crippen molar-refractivity contribution < 1.29 is 41.0 Å². The molecule has 38 heavy (non-hydrogen) atoms. The van der Waals surface area contributed by atoms with E-state index in [2.05, 4.69) is 4.90 Å². The molecule has 1 aliphatic carbocycles. The summed E-state index contributed by atoms with van der Waals surface area (Å²) in [5.41, 5.74) is 0.0149. The van der Waals surface area contributed by atoms with E-state index in [9.17, 15) is 31.1 Å². The number of alkyl halides is 6. The summed E-state index contributed by atoms with van der Waals surface area (Å²) in [6.07, 6.45) is -6.30. The van der Waals surface area contributed by atoms with Crippen molar-refractivity contribution >= 4 is 16.7 Å². The molecule has 4 rings (SSSR count). The van der Waals surface area contributed by atoms with Crippen LogP contribution >= 0.6 is 0 Å². The lowest BCUT2D eigenvalue weighted by molar-refractivity contribution is -0.185. The van der Waals surface area contributed by atoms with Gasteiger partial charge in [-0.2, -0.15) is 26.3 Å². The van der Waals surface area contributed by atoms with Crippen molar-refractivity contribution in [1.29, 1.82) is 0 Å². The monoisotopic (exact) mass is 545 g/mol. The maximum Gasteiger partial charge on any atom is 0.420 e. The average molecular weight is 546 g/mol. The first-order valence-corrected chi connectivity index (χ1v) is 13.2. The van der Waals surface area contributed by atoms with Gasteiger partial charge in [0.2, 0.25) is 0 Å². The molecule has 0 unspecified atom stereocenters. The molecule has 2 aliphatic rings. The predicted molar refractivity (Wildman–Crippen MR) is 131 cm³/mol. The van der Waals surface area contributed by atoms with Crippen LogP contribution < -0.4 is 4.74 Å². The molecule has 0 spiro atoms. The molecule has 2 aromatic rings. The summed E-state index contributed by atoms with van der Waals surface area (Å²) in [6.45, 7) is 2.47. The van der Waals surface area contributed by atoms with Gasteiger partial charge in [0.1, 0.15) is 11.3 Å². The largest absolute Gasteiger partial charge is 0.490 e. The first-order chi connectivity index (χ1) is 17.9. The van der Waals surface area contributed by atoms with Crippen molar-refractivity contribution in [2.45, 2.75) is 76.2 Å². The van der Waals surface area contributed by atoms with Gasteiger partial charge in [-0.1, -0.05) is 24.3 Å². The van der Waals surface area contributed by atoms with Crippen LogP contribution in [-0.2, 0) is 17.4 Å². The highest BCUT2D eigenvalue weighted by Crippen LogP contribution is 2.44. The fourth-order valence-electron chi connectivity index (χ4n) is 5.87. The van der Waals surface area contributed by atoms with Crippen molar-refractivity contribution in [1.82, 2.24) is 4.90 Å². The fourth-order valence-corrected chi connectivity index (χ4v) is 5.87. The van der Waals surface area contributed by atoms with Crippen LogP contribution in [-0.4, -0.2) is 47.9 Å². The normalized spacial score (nSPS) is 23.5. The number of ether oxygens (including phenoxy) is 1. The number of piperidine rings is 1. The van der Waals surface area contributed by atoms with Crippen LogP contribution in [0.2, 0.25) is 0 Å². The first kappa shape index (κ1) is 28.5. The number of carboxylic acid groups (broad SMARTS) is 1. The molecule has 0 aromatic heterocycles. The third-order valence-corrected chi connectivity index (χ3v) is 7.77. The summed E-state index contributed by atoms with van der Waals surface area (Å²) in [4.78, 5) is 13.3. The van der Waals surface area contributed by atoms with Gasteiger partial charge in [0.05, 0.1) is 12.0 Å². The molecule has 1 saturated carbocycles. The third kappa shape index (κ3) is 7.33. The van der Waals surface area contributed by atoms with Gasteiger partial charge < -0.3 is 14.7 Å². The van der Waals surface area contributed by atoms with Gasteiger partial charge in [-0.25, -0.2) is 0 Å². The molecule has 0 amide bonds. The first-order valence-electron chi connectivity index (χ1n) is 13.2. The molecule has 1 aliphatic heterocycles. The van der Waals surface area contributed by atoms with Gasteiger partial charge >= 0.3 is 18.3 Å². The zero-order valence-corrected chi connectivity index (χ0v) is 21.1. The van der Waals surface area contributed by atoms with Crippen LogP contribution in [0.15, 0.2) is 30.3 Å². The van der Waals surface area contributed by atoms with Gasteiger partial charge in [0.25, 0.3) is 0 Å². The van der Waals surface area contributed by atoms with Crippen molar-refractivity contribution in [2.24, 2.45) is 11.8 Å². The molecular weight excluding hydrogens is 512 g/mol. The number of rotatable bonds is 8. The Balaban J connectivity index is 1.41. The topological polar surface area (TPSA) is 49.8 Å². The highest BCUT2D eigenvalue weighted by atomic mass is 19.4. The maximum absolute atomic E-state index is 14.1. The van der Waals surface area contributed by atoms with Crippen molar-refractivity contribution in [3.05, 3.63) is 41.5 Å². The molecule has 2 fully saturated rings. The second-order valence-electron chi connectivity index (χ2n) is 10.6. The molecule has 1 N–H and O–H groups in total. The highest BCUT2D eigenvalue weighted by molar-refractivity contribution is 5.89. The van der Waals surface area contributed by atoms with Crippen LogP contribution in [0.3, 0.4) is 0 Å². The molecule has 210 valence electrons. The van der Waals surface area contributed by atoms with E-state index in [0.717, 1.165) is 44.5 Å². The molecular formula is C28H33F6NO3. The van der Waals surface area contributed by atoms with Gasteiger partial charge in [0.15, 0.2) is 0 Å². The number of halogens is 6. The Morgan fingerprint density at radius 1 is 1.00 bits per heavy atom. The van der Waals surface area contributed by atoms with Gasteiger partial charge in [0, 0.05) is 13.0 Å². The average Bonchev–Trinajstić information content (AvgIpc) is 2.83. The van der Waals surface area contributed by atoms with E-state index < -0.39 is 35.9 Å². The summed E-state index contributed by atoms with van der Waals surface area (Å²) >= 11 is 0. The van der Waals surface area contributed by atoms with Gasteiger partial charge in [-0.3, -0.25) is 4.79 Å². The smallest absolute Gasteiger partial charge is 0.420 e. The zero-order chi connectivity index (χ0) is 27.5. The molecule has 4 nitrogen and oxygen atoms in total. The molecule has 0 bridgehead atoms. The van der Waals surface area contributed by atoms with E-state index >= 15 is 0 Å². The van der Waals surface area contributed by atoms with Crippen LogP contribution in [0.1, 0.15) is 62.5 Å². The van der Waals surface area contributed by atoms with Crippen LogP contribution in [0.5, 0.6) is 5.75 Å². The maximum atomic E-state index is 14.1. The molecule has 1 saturated heterocycles. The number of aliphatic carboxylic acids is 1. The van der Waals surface area contributed by atoms with Crippen molar-refractivity contribution in [3.8, 4) is 5.75 Å². The van der Waals surface area contributed by atoms with Gasteiger partial charge in [-0.05, 0) is 92.8 Å². The van der Waals surface area contributed by atoms with E-state index in [0.29, 0.717) is 11.8 Å². The Morgan fingerprint density at radius 3 is 2.39 bits per heavy atom. The van der Waals surface area contributed by atoms with Crippen LogP contribution in [0.4, 0.5) is 26.3 Å². The Labute approximate surface area is 217 Å². The number of fused-ring (bicyclic) bond motifs is 1. The van der Waals surface area contributed by atoms with E-state index in [4.69, 9.17) is 9.84 Å². The quantitative estimate of drug-likeness (QED) is 0.350. The molecule has 1 atom stereocenters. The van der Waals surface area contributed by atoms with E-state index in [1.807, 2.05) is 0 Å². The summed E-state index contributed by atoms with van der Waals surface area (Å²) in [5, 5.41) is 9.48. The van der Waals surface area contributed by atoms with Crippen molar-refractivity contribution in [3.63, 3.8) is 0 Å². The summed E-state index contributed by atoms with van der Waals surface area (Å²) in [5.74, 6) is -2.40. The number of likely N-dealkylation sites (tertiary alicyclic amines) is 1. The molecule has 10 heteroatoms. The zero-order valence-electron chi connectivity index (χ0n) is 21.1. The number of nitrogens with zero attached hydrogens (tertiary/aromatic N) is 1. The summed E-state index contributed by atoms with van der Waals surface area (Å²) in [6, 6.07) is 7.73. The lowest BCUT2D eigenvalue weighted by Crippen LogP contribution is -2.37. The summed E-state index contributed by atoms with van der Waals surface area (Å²) < 4.78 is 86.8. The third-order valence-electron chi connectivity index (χ3n) is 7.77. The second kappa shape index (κ2) is 11.7. The Morgan fingerprint density at radius 2 is 1.74 bits per heavy atom. The Bertz CT molecular complexity index is 1110. The molecule has 2 aromatic carbocycles. The Kier molecular flexibility index (Phi) is 8.79. The minimum Gasteiger partial charge on any atom is -0.490 e. The number of hydrogen-bond acceptors (Lipinski definition) is 3. The molecule has 0 radical (unpaired) electrons. The minimum absolute atomic E-state index is 0.00951. The van der Waals surface area contributed by atoms with Gasteiger partial charge in [-0.15, -0.1) is 0 Å². The number of aryl methyl sites for hydroxylation is 1. The fraction of sp³-hybridized carbons (Fsp3) is 0.607. The van der Waals surface area contributed by atoms with Crippen LogP contribution in [0, 0.1) is 11.8 Å². The minimum atomic E-state index is -4.68. The molecule has 1 heterocycles. The highest BCUT2D eigenvalue weighted by Gasteiger charge is 2.42. The van der Waals surface area contributed by atoms with E-state index in [1.54, 1.807) is 18.2 Å². The Hall–Kier alpha value is -2.49. The number of carboxylic acids is 1. The standard InChI is InChI=1S/C28H33F6NO3/c29-27(30,31)21-7-9-22(10-8-21)38-24-12-6-20-15-18(5-11-23(20)26(24)28(32,33)34)3-1-13-35-14-2-4-19(17-35)16-25(36)37/h5-6,11-12,15,19,21-22H,1-4,7-10,13-14,16-17H2,(H,36,37)/t19-,21?,22?/m0/s1.